The number of nitriles is 1. The van der Waals surface area contributed by atoms with Crippen molar-refractivity contribution >= 4 is 23.4 Å². The van der Waals surface area contributed by atoms with Crippen molar-refractivity contribution in [2.75, 3.05) is 5.32 Å². The highest BCUT2D eigenvalue weighted by atomic mass is 16.6. The van der Waals surface area contributed by atoms with E-state index in [-0.39, 0.29) is 11.8 Å². The molecule has 1 aliphatic heterocycles. The van der Waals surface area contributed by atoms with Crippen molar-refractivity contribution in [2.45, 2.75) is 13.3 Å². The minimum Gasteiger partial charge on any atom is -0.410 e. The fraction of sp³-hybridized carbons (Fsp3) is 0.158. The third kappa shape index (κ3) is 4.05. The highest BCUT2D eigenvalue weighted by Gasteiger charge is 2.21. The summed E-state index contributed by atoms with van der Waals surface area (Å²) < 4.78 is 5.16. The van der Waals surface area contributed by atoms with E-state index in [1.165, 1.54) is 0 Å². The second kappa shape index (κ2) is 7.49. The van der Waals surface area contributed by atoms with E-state index in [1.807, 2.05) is 25.1 Å². The van der Waals surface area contributed by atoms with E-state index in [4.69, 9.17) is 10.00 Å². The smallest absolute Gasteiger partial charge is 0.410 e. The first-order chi connectivity index (χ1) is 12.5. The first-order valence-electron chi connectivity index (χ1n) is 8.01. The van der Waals surface area contributed by atoms with Gasteiger partial charge in [-0.25, -0.2) is 10.2 Å². The normalized spacial score (nSPS) is 16.1. The Balaban J connectivity index is 1.62. The molecule has 130 valence electrons. The number of anilines is 1. The summed E-state index contributed by atoms with van der Waals surface area (Å²) in [6.45, 7) is 1.94. The lowest BCUT2D eigenvalue weighted by molar-refractivity contribution is -0.121. The second-order valence-corrected chi connectivity index (χ2v) is 5.87. The molecule has 0 bridgehead atoms. The van der Waals surface area contributed by atoms with Gasteiger partial charge in [0.15, 0.2) is 0 Å². The molecule has 0 saturated heterocycles. The standard InChI is InChI=1S/C19H16N4O3/c1-12-10-17(24)22-23-18(12)14-4-6-15(7-5-14)21-19(25)26-16-8-2-13(11-20)3-9-16/h2-9,12H,10H2,1H3,(H,21,25)(H,22,24). The lowest BCUT2D eigenvalue weighted by atomic mass is 9.94. The molecule has 1 heterocycles. The number of nitrogens with zero attached hydrogens (tertiary/aromatic N) is 2. The monoisotopic (exact) mass is 348 g/mol. The Morgan fingerprint density at radius 1 is 1.23 bits per heavy atom. The van der Waals surface area contributed by atoms with Gasteiger partial charge in [-0.1, -0.05) is 19.1 Å². The summed E-state index contributed by atoms with van der Waals surface area (Å²) >= 11 is 0. The number of rotatable bonds is 3. The molecule has 0 aliphatic carbocycles. The van der Waals surface area contributed by atoms with Crippen molar-refractivity contribution in [3.05, 3.63) is 59.7 Å². The zero-order valence-electron chi connectivity index (χ0n) is 14.0. The molecule has 1 aliphatic rings. The summed E-state index contributed by atoms with van der Waals surface area (Å²) in [6, 6.07) is 15.4. The number of benzene rings is 2. The number of hydrogen-bond acceptors (Lipinski definition) is 5. The first kappa shape index (κ1) is 17.2. The number of ether oxygens (including phenoxy) is 1. The van der Waals surface area contributed by atoms with Gasteiger partial charge in [0.05, 0.1) is 17.3 Å². The summed E-state index contributed by atoms with van der Waals surface area (Å²) in [5, 5.41) is 15.5. The number of carbonyl (C=O) groups is 2. The van der Waals surface area contributed by atoms with Gasteiger partial charge in [0.2, 0.25) is 5.91 Å². The van der Waals surface area contributed by atoms with Crippen LogP contribution in [0.15, 0.2) is 53.6 Å². The molecule has 2 N–H and O–H groups in total. The van der Waals surface area contributed by atoms with Crippen LogP contribution in [0.4, 0.5) is 10.5 Å². The fourth-order valence-corrected chi connectivity index (χ4v) is 2.57. The van der Waals surface area contributed by atoms with Crippen LogP contribution < -0.4 is 15.5 Å². The number of hydrogen-bond donors (Lipinski definition) is 2. The average Bonchev–Trinajstić information content (AvgIpc) is 2.63. The summed E-state index contributed by atoms with van der Waals surface area (Å²) in [5.74, 6) is 0.285. The predicted molar refractivity (Wildman–Crippen MR) is 95.7 cm³/mol. The molecule has 2 amide bonds. The van der Waals surface area contributed by atoms with Gasteiger partial charge in [-0.2, -0.15) is 10.4 Å². The Hall–Kier alpha value is -3.66. The molecule has 0 spiro atoms. The molecule has 2 aromatic rings. The van der Waals surface area contributed by atoms with E-state index in [1.54, 1.807) is 36.4 Å². The molecule has 0 radical (unpaired) electrons. The van der Waals surface area contributed by atoms with Crippen molar-refractivity contribution in [2.24, 2.45) is 11.0 Å². The van der Waals surface area contributed by atoms with Crippen LogP contribution in [-0.4, -0.2) is 17.7 Å². The van der Waals surface area contributed by atoms with Gasteiger partial charge >= 0.3 is 6.09 Å². The predicted octanol–water partition coefficient (Wildman–Crippen LogP) is 3.03. The molecule has 7 nitrogen and oxygen atoms in total. The van der Waals surface area contributed by atoms with Gasteiger partial charge < -0.3 is 4.74 Å². The molecule has 0 saturated carbocycles. The van der Waals surface area contributed by atoms with Crippen LogP contribution in [0.25, 0.3) is 0 Å². The molecule has 1 unspecified atom stereocenters. The summed E-state index contributed by atoms with van der Waals surface area (Å²) in [7, 11) is 0. The van der Waals surface area contributed by atoms with Crippen LogP contribution in [-0.2, 0) is 4.79 Å². The van der Waals surface area contributed by atoms with Gasteiger partial charge in [0.1, 0.15) is 5.75 Å². The third-order valence-corrected chi connectivity index (χ3v) is 3.88. The van der Waals surface area contributed by atoms with Crippen LogP contribution in [0.1, 0.15) is 24.5 Å². The summed E-state index contributed by atoms with van der Waals surface area (Å²) in [5.41, 5.74) is 5.22. The van der Waals surface area contributed by atoms with Crippen molar-refractivity contribution in [3.8, 4) is 11.8 Å². The minimum atomic E-state index is -0.627. The zero-order valence-corrected chi connectivity index (χ0v) is 14.0. The number of amides is 2. The third-order valence-electron chi connectivity index (χ3n) is 3.88. The van der Waals surface area contributed by atoms with Crippen molar-refractivity contribution in [1.29, 1.82) is 5.26 Å². The number of carbonyl (C=O) groups excluding carboxylic acids is 2. The summed E-state index contributed by atoms with van der Waals surface area (Å²) in [6.07, 6.45) is -0.228. The molecule has 1 atom stereocenters. The second-order valence-electron chi connectivity index (χ2n) is 5.87. The summed E-state index contributed by atoms with van der Waals surface area (Å²) in [4.78, 5) is 23.3. The van der Waals surface area contributed by atoms with E-state index in [0.29, 0.717) is 23.4 Å². The molecule has 2 aromatic carbocycles. The molecule has 7 heteroatoms. The van der Waals surface area contributed by atoms with Crippen molar-refractivity contribution in [3.63, 3.8) is 0 Å². The molecule has 0 aromatic heterocycles. The van der Waals surface area contributed by atoms with E-state index in [2.05, 4.69) is 15.8 Å². The Bertz CT molecular complexity index is 896. The Kier molecular flexibility index (Phi) is 4.94. The van der Waals surface area contributed by atoms with Crippen LogP contribution in [0.5, 0.6) is 5.75 Å². The van der Waals surface area contributed by atoms with E-state index in [9.17, 15) is 9.59 Å². The Labute approximate surface area is 150 Å². The number of nitrogens with one attached hydrogen (secondary N) is 2. The topological polar surface area (TPSA) is 104 Å². The van der Waals surface area contributed by atoms with E-state index >= 15 is 0 Å². The maximum Gasteiger partial charge on any atom is 0.417 e. The van der Waals surface area contributed by atoms with Crippen molar-refractivity contribution < 1.29 is 14.3 Å². The van der Waals surface area contributed by atoms with Gasteiger partial charge in [-0.15, -0.1) is 0 Å². The largest absolute Gasteiger partial charge is 0.417 e. The molecule has 0 fully saturated rings. The van der Waals surface area contributed by atoms with Crippen LogP contribution >= 0.6 is 0 Å². The molecule has 26 heavy (non-hydrogen) atoms. The quantitative estimate of drug-likeness (QED) is 0.889. The van der Waals surface area contributed by atoms with Gasteiger partial charge in [0, 0.05) is 18.0 Å². The maximum atomic E-state index is 11.9. The Morgan fingerprint density at radius 3 is 2.54 bits per heavy atom. The van der Waals surface area contributed by atoms with Crippen LogP contribution in [0.2, 0.25) is 0 Å². The van der Waals surface area contributed by atoms with Crippen LogP contribution in [0.3, 0.4) is 0 Å². The maximum absolute atomic E-state index is 11.9. The molecular weight excluding hydrogens is 332 g/mol. The van der Waals surface area contributed by atoms with E-state index in [0.717, 1.165) is 11.3 Å². The van der Waals surface area contributed by atoms with E-state index < -0.39 is 6.09 Å². The molecular formula is C19H16N4O3. The highest BCUT2D eigenvalue weighted by molar-refractivity contribution is 6.06. The SMILES string of the molecule is CC1CC(=O)NN=C1c1ccc(NC(=O)Oc2ccc(C#N)cc2)cc1. The van der Waals surface area contributed by atoms with Crippen LogP contribution in [0, 0.1) is 17.2 Å². The fourth-order valence-electron chi connectivity index (χ4n) is 2.57. The van der Waals surface area contributed by atoms with Crippen molar-refractivity contribution in [1.82, 2.24) is 5.43 Å². The first-order valence-corrected chi connectivity index (χ1v) is 8.01. The lowest BCUT2D eigenvalue weighted by Crippen LogP contribution is -2.31. The molecule has 3 rings (SSSR count). The zero-order chi connectivity index (χ0) is 18.5. The highest BCUT2D eigenvalue weighted by Crippen LogP contribution is 2.19. The lowest BCUT2D eigenvalue weighted by Gasteiger charge is -2.19. The van der Waals surface area contributed by atoms with Gasteiger partial charge in [-0.05, 0) is 42.0 Å². The average molecular weight is 348 g/mol. The Morgan fingerprint density at radius 2 is 1.92 bits per heavy atom. The minimum absolute atomic E-state index is 0.0314. The van der Waals surface area contributed by atoms with Gasteiger partial charge in [-0.3, -0.25) is 10.1 Å². The van der Waals surface area contributed by atoms with Gasteiger partial charge in [0.25, 0.3) is 0 Å². The number of hydrazone groups is 1.